The van der Waals surface area contributed by atoms with Crippen molar-refractivity contribution >= 4 is 34.4 Å². The van der Waals surface area contributed by atoms with Crippen molar-refractivity contribution in [1.82, 2.24) is 15.3 Å². The van der Waals surface area contributed by atoms with Gasteiger partial charge >= 0.3 is 5.97 Å². The van der Waals surface area contributed by atoms with E-state index < -0.39 is 17.9 Å². The van der Waals surface area contributed by atoms with Crippen LogP contribution < -0.4 is 5.32 Å². The summed E-state index contributed by atoms with van der Waals surface area (Å²) in [5, 5.41) is 13.1. The number of hydrogen-bond acceptors (Lipinski definition) is 4. The number of hydrogen-bond donors (Lipinski definition) is 2. The Balaban J connectivity index is 1.83. The predicted molar refractivity (Wildman–Crippen MR) is 93.6 cm³/mol. The first-order valence-electron chi connectivity index (χ1n) is 7.52. The van der Waals surface area contributed by atoms with Crippen molar-refractivity contribution in [2.75, 3.05) is 0 Å². The largest absolute Gasteiger partial charge is 0.480 e. The lowest BCUT2D eigenvalue weighted by Gasteiger charge is -2.15. The summed E-state index contributed by atoms with van der Waals surface area (Å²) < 4.78 is 0. The molecule has 2 N–H and O–H groups in total. The Morgan fingerprint density at radius 2 is 1.92 bits per heavy atom. The molecule has 3 aromatic rings. The maximum atomic E-state index is 12.6. The van der Waals surface area contributed by atoms with Crippen LogP contribution in [0.2, 0.25) is 5.15 Å². The predicted octanol–water partition coefficient (Wildman–Crippen LogP) is 2.71. The second-order valence-electron chi connectivity index (χ2n) is 5.44. The van der Waals surface area contributed by atoms with Crippen LogP contribution in [0, 0.1) is 0 Å². The molecule has 0 saturated carbocycles. The van der Waals surface area contributed by atoms with Crippen LogP contribution in [0.4, 0.5) is 0 Å². The van der Waals surface area contributed by atoms with Crippen LogP contribution in [0.1, 0.15) is 15.9 Å². The van der Waals surface area contributed by atoms with Crippen LogP contribution >= 0.6 is 11.6 Å². The van der Waals surface area contributed by atoms with Gasteiger partial charge in [-0.05, 0) is 23.8 Å². The van der Waals surface area contributed by atoms with Crippen molar-refractivity contribution in [3.8, 4) is 0 Å². The highest BCUT2D eigenvalue weighted by Crippen LogP contribution is 2.16. The third kappa shape index (κ3) is 3.92. The molecule has 1 aromatic carbocycles. The van der Waals surface area contributed by atoms with E-state index in [4.69, 9.17) is 11.6 Å². The van der Waals surface area contributed by atoms with E-state index in [1.54, 1.807) is 36.5 Å². The van der Waals surface area contributed by atoms with Gasteiger partial charge in [0.05, 0.1) is 11.1 Å². The van der Waals surface area contributed by atoms with Gasteiger partial charge < -0.3 is 10.4 Å². The van der Waals surface area contributed by atoms with Gasteiger partial charge in [0, 0.05) is 24.2 Å². The number of benzene rings is 1. The molecule has 0 unspecified atom stereocenters. The fourth-order valence-corrected chi connectivity index (χ4v) is 2.60. The second kappa shape index (κ2) is 7.27. The summed E-state index contributed by atoms with van der Waals surface area (Å²) in [6.07, 6.45) is 3.18. The van der Waals surface area contributed by atoms with E-state index in [0.29, 0.717) is 21.8 Å². The summed E-state index contributed by atoms with van der Waals surface area (Å²) in [7, 11) is 0. The maximum Gasteiger partial charge on any atom is 0.326 e. The van der Waals surface area contributed by atoms with Crippen LogP contribution in [0.25, 0.3) is 10.9 Å². The summed E-state index contributed by atoms with van der Waals surface area (Å²) in [6, 6.07) is 11.0. The molecule has 0 aliphatic heterocycles. The van der Waals surface area contributed by atoms with Crippen molar-refractivity contribution < 1.29 is 14.7 Å². The Morgan fingerprint density at radius 1 is 1.12 bits per heavy atom. The van der Waals surface area contributed by atoms with Gasteiger partial charge in [-0.25, -0.2) is 9.78 Å². The zero-order chi connectivity index (χ0) is 17.8. The number of aliphatic carboxylic acids is 1. The number of carboxylic acid groups (broad SMARTS) is 1. The number of fused-ring (bicyclic) bond motifs is 1. The zero-order valence-corrected chi connectivity index (χ0v) is 13.8. The van der Waals surface area contributed by atoms with Crippen molar-refractivity contribution in [3.05, 3.63) is 71.1 Å². The molecule has 2 heterocycles. The summed E-state index contributed by atoms with van der Waals surface area (Å²) in [4.78, 5) is 32.2. The molecule has 1 amide bonds. The van der Waals surface area contributed by atoms with Crippen LogP contribution in [-0.2, 0) is 11.2 Å². The van der Waals surface area contributed by atoms with Crippen LogP contribution in [0.3, 0.4) is 0 Å². The number of carbonyl (C=O) groups is 2. The number of nitrogens with zero attached hydrogens (tertiary/aromatic N) is 2. The average Bonchev–Trinajstić information content (AvgIpc) is 2.62. The van der Waals surface area contributed by atoms with Gasteiger partial charge in [0.2, 0.25) is 0 Å². The Labute approximate surface area is 148 Å². The Morgan fingerprint density at radius 3 is 2.64 bits per heavy atom. The standard InChI is InChI=1S/C18H14ClN3O3/c19-15-7-6-11(10-21-15)9-14(18(24)25)22-17(23)13-5-1-3-12-4-2-8-20-16(12)13/h1-8,10,14H,9H2,(H,22,23)(H,24,25)/t14-/m1/s1. The number of halogens is 1. The molecule has 0 aliphatic carbocycles. The molecule has 0 fully saturated rings. The molecule has 0 aliphatic rings. The molecule has 0 radical (unpaired) electrons. The number of carbonyl (C=O) groups excluding carboxylic acids is 1. The summed E-state index contributed by atoms with van der Waals surface area (Å²) in [5.74, 6) is -1.62. The number of nitrogens with one attached hydrogen (secondary N) is 1. The number of pyridine rings is 2. The highest BCUT2D eigenvalue weighted by Gasteiger charge is 2.22. The highest BCUT2D eigenvalue weighted by molar-refractivity contribution is 6.29. The number of carboxylic acids is 1. The number of aromatic nitrogens is 2. The fourth-order valence-electron chi connectivity index (χ4n) is 2.49. The van der Waals surface area contributed by atoms with E-state index in [9.17, 15) is 14.7 Å². The molecule has 3 rings (SSSR count). The van der Waals surface area contributed by atoms with Crippen LogP contribution in [-0.4, -0.2) is 33.0 Å². The van der Waals surface area contributed by atoms with Crippen LogP contribution in [0.15, 0.2) is 54.9 Å². The molecule has 6 nitrogen and oxygen atoms in total. The fraction of sp³-hybridized carbons (Fsp3) is 0.111. The van der Waals surface area contributed by atoms with Gasteiger partial charge in [-0.3, -0.25) is 9.78 Å². The van der Waals surface area contributed by atoms with E-state index in [1.807, 2.05) is 12.1 Å². The lowest BCUT2D eigenvalue weighted by Crippen LogP contribution is -2.42. The monoisotopic (exact) mass is 355 g/mol. The molecule has 0 bridgehead atoms. The molecular weight excluding hydrogens is 342 g/mol. The first kappa shape index (κ1) is 16.9. The molecule has 0 spiro atoms. The van der Waals surface area contributed by atoms with Crippen molar-refractivity contribution in [2.24, 2.45) is 0 Å². The smallest absolute Gasteiger partial charge is 0.326 e. The first-order chi connectivity index (χ1) is 12.0. The molecule has 25 heavy (non-hydrogen) atoms. The van der Waals surface area contributed by atoms with Crippen molar-refractivity contribution in [3.63, 3.8) is 0 Å². The average molecular weight is 356 g/mol. The van der Waals surface area contributed by atoms with Gasteiger partial charge in [0.25, 0.3) is 5.91 Å². The highest BCUT2D eigenvalue weighted by atomic mass is 35.5. The van der Waals surface area contributed by atoms with Gasteiger partial charge in [0.15, 0.2) is 0 Å². The van der Waals surface area contributed by atoms with Gasteiger partial charge in [0.1, 0.15) is 11.2 Å². The van der Waals surface area contributed by atoms with Gasteiger partial charge in [-0.15, -0.1) is 0 Å². The Kier molecular flexibility index (Phi) is 4.90. The zero-order valence-electron chi connectivity index (χ0n) is 13.0. The van der Waals surface area contributed by atoms with Crippen LogP contribution in [0.5, 0.6) is 0 Å². The first-order valence-corrected chi connectivity index (χ1v) is 7.90. The van der Waals surface area contributed by atoms with E-state index >= 15 is 0 Å². The van der Waals surface area contributed by atoms with Gasteiger partial charge in [-0.2, -0.15) is 0 Å². The topological polar surface area (TPSA) is 92.2 Å². The lowest BCUT2D eigenvalue weighted by atomic mass is 10.1. The van der Waals surface area contributed by atoms with E-state index in [1.165, 1.54) is 6.20 Å². The van der Waals surface area contributed by atoms with Gasteiger partial charge in [-0.1, -0.05) is 35.9 Å². The maximum absolute atomic E-state index is 12.6. The molecule has 0 saturated heterocycles. The number of para-hydroxylation sites is 1. The van der Waals surface area contributed by atoms with E-state index in [2.05, 4.69) is 15.3 Å². The van der Waals surface area contributed by atoms with E-state index in [0.717, 1.165) is 5.39 Å². The summed E-state index contributed by atoms with van der Waals surface area (Å²) in [6.45, 7) is 0. The van der Waals surface area contributed by atoms with Crippen molar-refractivity contribution in [1.29, 1.82) is 0 Å². The SMILES string of the molecule is O=C(N[C@H](Cc1ccc(Cl)nc1)C(=O)O)c1cccc2cccnc12. The third-order valence-corrected chi connectivity index (χ3v) is 3.93. The number of rotatable bonds is 5. The molecule has 7 heteroatoms. The Hall–Kier alpha value is -2.99. The number of amides is 1. The Bertz CT molecular complexity index is 923. The molecule has 126 valence electrons. The quantitative estimate of drug-likeness (QED) is 0.686. The molecule has 1 atom stereocenters. The minimum absolute atomic E-state index is 0.101. The molecule has 2 aromatic heterocycles. The minimum atomic E-state index is -1.13. The normalized spacial score (nSPS) is 11.9. The minimum Gasteiger partial charge on any atom is -0.480 e. The molecular formula is C18H14ClN3O3. The van der Waals surface area contributed by atoms with Crippen molar-refractivity contribution in [2.45, 2.75) is 12.5 Å². The van der Waals surface area contributed by atoms with E-state index in [-0.39, 0.29) is 6.42 Å². The third-order valence-electron chi connectivity index (χ3n) is 3.71. The summed E-state index contributed by atoms with van der Waals surface area (Å²) >= 11 is 5.73. The summed E-state index contributed by atoms with van der Waals surface area (Å²) in [5.41, 5.74) is 1.52. The second-order valence-corrected chi connectivity index (χ2v) is 5.83. The lowest BCUT2D eigenvalue weighted by molar-refractivity contribution is -0.139.